The van der Waals surface area contributed by atoms with Gasteiger partial charge in [0.05, 0.1) is 0 Å². The van der Waals surface area contributed by atoms with Crippen molar-refractivity contribution < 1.29 is 4.42 Å². The Bertz CT molecular complexity index is 544. The molecule has 0 saturated carbocycles. The van der Waals surface area contributed by atoms with Crippen molar-refractivity contribution in [1.29, 1.82) is 0 Å². The molecule has 0 spiro atoms. The molecule has 2 nitrogen and oxygen atoms in total. The van der Waals surface area contributed by atoms with E-state index in [1.54, 1.807) is 6.07 Å². The highest BCUT2D eigenvalue weighted by atomic mass is 16.4. The minimum Gasteiger partial charge on any atom is -0.423 e. The molecule has 0 aliphatic carbocycles. The molecule has 0 atom stereocenters. The molecule has 0 fully saturated rings. The molecule has 2 heteroatoms. The summed E-state index contributed by atoms with van der Waals surface area (Å²) in [6.45, 7) is 6.48. The van der Waals surface area contributed by atoms with E-state index in [9.17, 15) is 4.79 Å². The molecule has 0 unspecified atom stereocenters. The van der Waals surface area contributed by atoms with Crippen LogP contribution in [0.1, 0.15) is 26.3 Å². The second kappa shape index (κ2) is 3.23. The van der Waals surface area contributed by atoms with Crippen LogP contribution in [0.5, 0.6) is 0 Å². The van der Waals surface area contributed by atoms with Gasteiger partial charge in [0.15, 0.2) is 0 Å². The van der Waals surface area contributed by atoms with Crippen molar-refractivity contribution >= 4 is 11.0 Å². The summed E-state index contributed by atoms with van der Waals surface area (Å²) in [5, 5.41) is 0.974. The van der Waals surface area contributed by atoms with Crippen molar-refractivity contribution in [3.8, 4) is 0 Å². The highest BCUT2D eigenvalue weighted by Gasteiger charge is 2.13. The fourth-order valence-electron chi connectivity index (χ4n) is 1.54. The van der Waals surface area contributed by atoms with Crippen LogP contribution in [0.25, 0.3) is 11.0 Å². The zero-order valence-electron chi connectivity index (χ0n) is 9.20. The molecular formula is C13H14O2. The molecule has 15 heavy (non-hydrogen) atoms. The molecule has 2 aromatic rings. The highest BCUT2D eigenvalue weighted by Crippen LogP contribution is 2.25. The van der Waals surface area contributed by atoms with Crippen molar-refractivity contribution in [1.82, 2.24) is 0 Å². The van der Waals surface area contributed by atoms with Gasteiger partial charge in [-0.2, -0.15) is 0 Å². The van der Waals surface area contributed by atoms with E-state index in [4.69, 9.17) is 4.42 Å². The quantitative estimate of drug-likeness (QED) is 0.614. The predicted octanol–water partition coefficient (Wildman–Crippen LogP) is 3.09. The minimum atomic E-state index is -0.300. The van der Waals surface area contributed by atoms with Crippen LogP contribution in [-0.2, 0) is 5.41 Å². The third-order valence-corrected chi connectivity index (χ3v) is 2.49. The summed E-state index contributed by atoms with van der Waals surface area (Å²) in [7, 11) is 0. The topological polar surface area (TPSA) is 30.2 Å². The van der Waals surface area contributed by atoms with Crippen LogP contribution >= 0.6 is 0 Å². The smallest absolute Gasteiger partial charge is 0.336 e. The average molecular weight is 202 g/mol. The van der Waals surface area contributed by atoms with E-state index in [-0.39, 0.29) is 11.0 Å². The Morgan fingerprint density at radius 3 is 2.47 bits per heavy atom. The van der Waals surface area contributed by atoms with Gasteiger partial charge in [-0.15, -0.1) is 0 Å². The lowest BCUT2D eigenvalue weighted by Gasteiger charge is -2.18. The van der Waals surface area contributed by atoms with E-state index in [2.05, 4.69) is 26.8 Å². The normalized spacial score (nSPS) is 11.9. The molecule has 0 bridgehead atoms. The van der Waals surface area contributed by atoms with Crippen LogP contribution in [-0.4, -0.2) is 0 Å². The maximum Gasteiger partial charge on any atom is 0.336 e. The van der Waals surface area contributed by atoms with Gasteiger partial charge in [0.1, 0.15) is 5.58 Å². The molecule has 0 amide bonds. The van der Waals surface area contributed by atoms with E-state index in [0.29, 0.717) is 5.58 Å². The monoisotopic (exact) mass is 202 g/mol. The van der Waals surface area contributed by atoms with Gasteiger partial charge in [-0.05, 0) is 29.2 Å². The minimum absolute atomic E-state index is 0.115. The summed E-state index contributed by atoms with van der Waals surface area (Å²) in [5.74, 6) is 0. The molecule has 0 N–H and O–H groups in total. The number of hydrogen-bond acceptors (Lipinski definition) is 2. The van der Waals surface area contributed by atoms with E-state index in [1.807, 2.05) is 12.1 Å². The van der Waals surface area contributed by atoms with Crippen molar-refractivity contribution in [2.45, 2.75) is 26.2 Å². The Kier molecular flexibility index (Phi) is 2.14. The summed E-state index contributed by atoms with van der Waals surface area (Å²) in [4.78, 5) is 11.0. The van der Waals surface area contributed by atoms with E-state index in [0.717, 1.165) is 5.39 Å². The molecule has 1 heterocycles. The first-order valence-electron chi connectivity index (χ1n) is 5.01. The SMILES string of the molecule is CC(C)(C)c1ccc2oc(=O)ccc2c1. The molecule has 2 rings (SSSR count). The molecule has 0 aliphatic rings. The van der Waals surface area contributed by atoms with Gasteiger partial charge in [-0.3, -0.25) is 0 Å². The van der Waals surface area contributed by atoms with Crippen LogP contribution in [0.2, 0.25) is 0 Å². The number of benzene rings is 1. The Morgan fingerprint density at radius 1 is 1.07 bits per heavy atom. The molecule has 0 radical (unpaired) electrons. The third-order valence-electron chi connectivity index (χ3n) is 2.49. The van der Waals surface area contributed by atoms with Gasteiger partial charge < -0.3 is 4.42 Å². The Morgan fingerprint density at radius 2 is 1.80 bits per heavy atom. The van der Waals surface area contributed by atoms with E-state index in [1.165, 1.54) is 11.6 Å². The third kappa shape index (κ3) is 1.94. The van der Waals surface area contributed by atoms with Gasteiger partial charge in [-0.1, -0.05) is 26.8 Å². The molecule has 78 valence electrons. The summed E-state index contributed by atoms with van der Waals surface area (Å²) in [6.07, 6.45) is 0. The fourth-order valence-corrected chi connectivity index (χ4v) is 1.54. The first-order valence-corrected chi connectivity index (χ1v) is 5.01. The van der Waals surface area contributed by atoms with Gasteiger partial charge in [0.25, 0.3) is 0 Å². The molecule has 1 aromatic heterocycles. The van der Waals surface area contributed by atoms with Crippen LogP contribution in [0.4, 0.5) is 0 Å². The van der Waals surface area contributed by atoms with Crippen molar-refractivity contribution in [3.63, 3.8) is 0 Å². The highest BCUT2D eigenvalue weighted by molar-refractivity contribution is 5.77. The van der Waals surface area contributed by atoms with Crippen molar-refractivity contribution in [2.24, 2.45) is 0 Å². The van der Waals surface area contributed by atoms with Gasteiger partial charge in [0, 0.05) is 11.5 Å². The van der Waals surface area contributed by atoms with Crippen molar-refractivity contribution in [2.75, 3.05) is 0 Å². The van der Waals surface area contributed by atoms with E-state index < -0.39 is 0 Å². The maximum atomic E-state index is 11.0. The average Bonchev–Trinajstić information content (AvgIpc) is 2.15. The lowest BCUT2D eigenvalue weighted by molar-refractivity contribution is 0.558. The Labute approximate surface area is 88.5 Å². The van der Waals surface area contributed by atoms with Crippen LogP contribution in [0.15, 0.2) is 39.5 Å². The second-order valence-electron chi connectivity index (χ2n) is 4.76. The Hall–Kier alpha value is -1.57. The number of hydrogen-bond donors (Lipinski definition) is 0. The predicted molar refractivity (Wildman–Crippen MR) is 61.2 cm³/mol. The van der Waals surface area contributed by atoms with Gasteiger partial charge in [0.2, 0.25) is 0 Å². The molecule has 0 aliphatic heterocycles. The van der Waals surface area contributed by atoms with Gasteiger partial charge in [-0.25, -0.2) is 4.79 Å². The largest absolute Gasteiger partial charge is 0.423 e. The number of rotatable bonds is 0. The first-order chi connectivity index (χ1) is 6.97. The molecule has 1 aromatic carbocycles. The standard InChI is InChI=1S/C13H14O2/c1-13(2,3)10-5-6-11-9(8-10)4-7-12(14)15-11/h4-8H,1-3H3. The first kappa shape index (κ1) is 9.97. The summed E-state index contributed by atoms with van der Waals surface area (Å²) in [6, 6.07) is 9.19. The second-order valence-corrected chi connectivity index (χ2v) is 4.76. The maximum absolute atomic E-state index is 11.0. The summed E-state index contributed by atoms with van der Waals surface area (Å²) in [5.41, 5.74) is 1.70. The zero-order chi connectivity index (χ0) is 11.1. The van der Waals surface area contributed by atoms with Gasteiger partial charge >= 0.3 is 5.63 Å². The number of fused-ring (bicyclic) bond motifs is 1. The summed E-state index contributed by atoms with van der Waals surface area (Å²) < 4.78 is 5.07. The van der Waals surface area contributed by atoms with Crippen molar-refractivity contribution in [3.05, 3.63) is 46.3 Å². The van der Waals surface area contributed by atoms with Crippen LogP contribution in [0.3, 0.4) is 0 Å². The van der Waals surface area contributed by atoms with E-state index >= 15 is 0 Å². The lowest BCUT2D eigenvalue weighted by atomic mass is 9.86. The van der Waals surface area contributed by atoms with Crippen LogP contribution < -0.4 is 5.63 Å². The van der Waals surface area contributed by atoms with Crippen LogP contribution in [0, 0.1) is 0 Å². The Balaban J connectivity index is 2.67. The fraction of sp³-hybridized carbons (Fsp3) is 0.308. The lowest BCUT2D eigenvalue weighted by Crippen LogP contribution is -2.10. The molecular weight excluding hydrogens is 188 g/mol. The molecule has 0 saturated heterocycles. The summed E-state index contributed by atoms with van der Waals surface area (Å²) >= 11 is 0. The zero-order valence-corrected chi connectivity index (χ0v) is 9.20.